The number of nitrogens with two attached hydrogens (primary N) is 1. The first-order valence-electron chi connectivity index (χ1n) is 5.49. The summed E-state index contributed by atoms with van der Waals surface area (Å²) in [5, 5.41) is 3.64. The number of benzene rings is 1. The van der Waals surface area contributed by atoms with E-state index in [1.165, 1.54) is 11.1 Å². The third-order valence-corrected chi connectivity index (χ3v) is 3.15. The number of hydrogen-bond acceptors (Lipinski definition) is 4. The second-order valence-corrected chi connectivity index (χ2v) is 4.20. The molecule has 0 spiro atoms. The van der Waals surface area contributed by atoms with Crippen LogP contribution in [0.25, 0.3) is 0 Å². The second kappa shape index (κ2) is 3.63. The van der Waals surface area contributed by atoms with E-state index in [-0.39, 0.29) is 5.95 Å². The monoisotopic (exact) mass is 215 g/mol. The molecule has 0 aliphatic heterocycles. The number of aromatic nitrogens is 2. The van der Waals surface area contributed by atoms with Crippen molar-refractivity contribution in [3.8, 4) is 0 Å². The Morgan fingerprint density at radius 2 is 2.06 bits per heavy atom. The van der Waals surface area contributed by atoms with Crippen molar-refractivity contribution in [3.63, 3.8) is 0 Å². The number of nitrogens with zero attached hydrogens (tertiary/aromatic N) is 2. The fraction of sp³-hybridized carbons (Fsp3) is 0.333. The lowest BCUT2D eigenvalue weighted by molar-refractivity contribution is 0.341. The molecule has 0 radical (unpaired) electrons. The second-order valence-electron chi connectivity index (χ2n) is 4.20. The Kier molecular flexibility index (Phi) is 2.13. The van der Waals surface area contributed by atoms with E-state index in [4.69, 9.17) is 10.3 Å². The molecule has 1 atom stereocenters. The molecule has 0 bridgehead atoms. The third kappa shape index (κ3) is 1.56. The first-order chi connectivity index (χ1) is 7.83. The maximum absolute atomic E-state index is 5.46. The number of rotatable bonds is 1. The van der Waals surface area contributed by atoms with Gasteiger partial charge in [-0.25, -0.2) is 0 Å². The number of aryl methyl sites for hydroxylation is 1. The minimum atomic E-state index is 0.230. The van der Waals surface area contributed by atoms with Crippen LogP contribution in [0.2, 0.25) is 0 Å². The van der Waals surface area contributed by atoms with Gasteiger partial charge in [0.2, 0.25) is 5.89 Å². The maximum atomic E-state index is 5.46. The maximum Gasteiger partial charge on any atom is 0.260 e. The molecule has 2 N–H and O–H groups in total. The van der Waals surface area contributed by atoms with Gasteiger partial charge < -0.3 is 10.3 Å². The fourth-order valence-electron chi connectivity index (χ4n) is 2.32. The van der Waals surface area contributed by atoms with Gasteiger partial charge in [-0.05, 0) is 35.5 Å². The van der Waals surface area contributed by atoms with Gasteiger partial charge in [0.15, 0.2) is 0 Å². The number of hydrogen-bond donors (Lipinski definition) is 1. The van der Waals surface area contributed by atoms with E-state index in [1.54, 1.807) is 0 Å². The molecule has 1 aromatic carbocycles. The summed E-state index contributed by atoms with van der Waals surface area (Å²) in [6, 6.07) is 8.52. The van der Waals surface area contributed by atoms with Crippen molar-refractivity contribution in [3.05, 3.63) is 41.3 Å². The van der Waals surface area contributed by atoms with Crippen LogP contribution >= 0.6 is 0 Å². The quantitative estimate of drug-likeness (QED) is 0.789. The topological polar surface area (TPSA) is 64.9 Å². The van der Waals surface area contributed by atoms with Gasteiger partial charge in [0.05, 0.1) is 0 Å². The zero-order chi connectivity index (χ0) is 11.0. The van der Waals surface area contributed by atoms with Crippen LogP contribution in [0.1, 0.15) is 29.4 Å². The van der Waals surface area contributed by atoms with E-state index >= 15 is 0 Å². The van der Waals surface area contributed by atoms with Crippen LogP contribution in [-0.2, 0) is 12.8 Å². The third-order valence-electron chi connectivity index (χ3n) is 3.15. The molecule has 1 aliphatic carbocycles. The van der Waals surface area contributed by atoms with Gasteiger partial charge in [0, 0.05) is 5.92 Å². The molecule has 1 heterocycles. The fourth-order valence-corrected chi connectivity index (χ4v) is 2.32. The summed E-state index contributed by atoms with van der Waals surface area (Å²) in [6.45, 7) is 0. The zero-order valence-electron chi connectivity index (χ0n) is 8.89. The van der Waals surface area contributed by atoms with E-state index in [0.29, 0.717) is 11.8 Å². The number of anilines is 1. The molecule has 0 fully saturated rings. The van der Waals surface area contributed by atoms with Gasteiger partial charge >= 0.3 is 0 Å². The lowest BCUT2D eigenvalue weighted by Crippen LogP contribution is -2.12. The summed E-state index contributed by atoms with van der Waals surface area (Å²) in [6.07, 6.45) is 3.10. The van der Waals surface area contributed by atoms with Crippen molar-refractivity contribution in [2.75, 3.05) is 5.73 Å². The Balaban J connectivity index is 1.88. The molecule has 2 aromatic rings. The summed E-state index contributed by atoms with van der Waals surface area (Å²) >= 11 is 0. The lowest BCUT2D eigenvalue weighted by Gasteiger charge is -2.21. The van der Waals surface area contributed by atoms with E-state index in [1.807, 2.05) is 0 Å². The van der Waals surface area contributed by atoms with Gasteiger partial charge in [-0.3, -0.25) is 0 Å². The molecule has 3 rings (SSSR count). The average molecular weight is 215 g/mol. The molecule has 0 saturated carbocycles. The van der Waals surface area contributed by atoms with Gasteiger partial charge in [-0.2, -0.15) is 4.98 Å². The van der Waals surface area contributed by atoms with Crippen LogP contribution in [0, 0.1) is 0 Å². The molecular weight excluding hydrogens is 202 g/mol. The number of fused-ring (bicyclic) bond motifs is 1. The van der Waals surface area contributed by atoms with E-state index < -0.39 is 0 Å². The van der Waals surface area contributed by atoms with E-state index in [9.17, 15) is 0 Å². The molecule has 1 aromatic heterocycles. The van der Waals surface area contributed by atoms with E-state index in [2.05, 4.69) is 34.4 Å². The summed E-state index contributed by atoms with van der Waals surface area (Å²) in [4.78, 5) is 4.11. The van der Waals surface area contributed by atoms with Crippen LogP contribution in [0.5, 0.6) is 0 Å². The predicted molar refractivity (Wildman–Crippen MR) is 59.9 cm³/mol. The van der Waals surface area contributed by atoms with Gasteiger partial charge in [-0.15, -0.1) is 0 Å². The highest BCUT2D eigenvalue weighted by atomic mass is 16.5. The molecule has 4 nitrogen and oxygen atoms in total. The Morgan fingerprint density at radius 1 is 1.25 bits per heavy atom. The summed E-state index contributed by atoms with van der Waals surface area (Å²) in [5.41, 5.74) is 8.28. The van der Waals surface area contributed by atoms with Crippen LogP contribution in [0.15, 0.2) is 28.8 Å². The van der Waals surface area contributed by atoms with Crippen molar-refractivity contribution in [1.29, 1.82) is 0 Å². The molecule has 1 aliphatic rings. The minimum Gasteiger partial charge on any atom is -0.365 e. The average Bonchev–Trinajstić information content (AvgIpc) is 2.75. The van der Waals surface area contributed by atoms with Gasteiger partial charge in [0.25, 0.3) is 5.95 Å². The van der Waals surface area contributed by atoms with Crippen LogP contribution in [0.3, 0.4) is 0 Å². The van der Waals surface area contributed by atoms with Gasteiger partial charge in [-0.1, -0.05) is 24.3 Å². The SMILES string of the molecule is Nc1noc(C2CCc3ccccc3C2)n1. The predicted octanol–water partition coefficient (Wildman–Crippen LogP) is 1.92. The molecule has 82 valence electrons. The lowest BCUT2D eigenvalue weighted by atomic mass is 9.84. The van der Waals surface area contributed by atoms with Crippen molar-refractivity contribution in [2.45, 2.75) is 25.2 Å². The molecular formula is C12H13N3O. The molecule has 4 heteroatoms. The van der Waals surface area contributed by atoms with Crippen molar-refractivity contribution >= 4 is 5.95 Å². The zero-order valence-corrected chi connectivity index (χ0v) is 8.89. The summed E-state index contributed by atoms with van der Waals surface area (Å²) < 4.78 is 5.13. The van der Waals surface area contributed by atoms with Crippen LogP contribution in [-0.4, -0.2) is 10.1 Å². The first kappa shape index (κ1) is 9.39. The number of nitrogen functional groups attached to an aromatic ring is 1. The minimum absolute atomic E-state index is 0.230. The van der Waals surface area contributed by atoms with Crippen LogP contribution < -0.4 is 5.73 Å². The Hall–Kier alpha value is -1.84. The summed E-state index contributed by atoms with van der Waals surface area (Å²) in [7, 11) is 0. The van der Waals surface area contributed by atoms with Gasteiger partial charge in [0.1, 0.15) is 0 Å². The largest absolute Gasteiger partial charge is 0.365 e. The Labute approximate surface area is 93.5 Å². The normalized spacial score (nSPS) is 19.4. The van der Waals surface area contributed by atoms with Crippen molar-refractivity contribution < 1.29 is 4.52 Å². The van der Waals surface area contributed by atoms with Crippen molar-refractivity contribution in [2.24, 2.45) is 0 Å². The van der Waals surface area contributed by atoms with E-state index in [0.717, 1.165) is 19.3 Å². The Morgan fingerprint density at radius 3 is 2.81 bits per heavy atom. The highest BCUT2D eigenvalue weighted by Gasteiger charge is 2.24. The van der Waals surface area contributed by atoms with Crippen LogP contribution in [0.4, 0.5) is 5.95 Å². The molecule has 0 amide bonds. The molecule has 16 heavy (non-hydrogen) atoms. The molecule has 0 saturated heterocycles. The Bertz CT molecular complexity index is 506. The molecule has 1 unspecified atom stereocenters. The highest BCUT2D eigenvalue weighted by molar-refractivity contribution is 5.31. The standard InChI is InChI=1S/C12H13N3O/c13-12-14-11(16-15-12)10-6-5-8-3-1-2-4-9(8)7-10/h1-4,10H,5-7H2,(H2,13,15). The summed E-state index contributed by atoms with van der Waals surface area (Å²) in [5.74, 6) is 1.22. The first-order valence-corrected chi connectivity index (χ1v) is 5.49. The smallest absolute Gasteiger partial charge is 0.260 e. The van der Waals surface area contributed by atoms with Crippen molar-refractivity contribution in [1.82, 2.24) is 10.1 Å². The highest BCUT2D eigenvalue weighted by Crippen LogP contribution is 2.31.